The Morgan fingerprint density at radius 3 is 2.20 bits per heavy atom. The lowest BCUT2D eigenvalue weighted by atomic mass is 10.4. The zero-order valence-corrected chi connectivity index (χ0v) is 4.71. The van der Waals surface area contributed by atoms with E-state index in [1.807, 2.05) is 10.2 Å². The molecule has 0 saturated carbocycles. The molecule has 0 saturated heterocycles. The van der Waals surface area contributed by atoms with Gasteiger partial charge >= 0.3 is 11.5 Å². The number of carbonyl (C=O) groups is 1. The lowest BCUT2D eigenvalue weighted by Crippen LogP contribution is -1.98. The second-order valence-electron chi connectivity index (χ2n) is 1.61. The van der Waals surface area contributed by atoms with Gasteiger partial charge in [-0.2, -0.15) is 0 Å². The minimum Gasteiger partial charge on any atom is -0.501 e. The molecule has 1 aromatic heterocycles. The number of aromatic amines is 2. The summed E-state index contributed by atoms with van der Waals surface area (Å²) in [5, 5.41) is 20.8. The van der Waals surface area contributed by atoms with E-state index in [-0.39, 0.29) is 0 Å². The number of aromatic carboxylic acids is 1. The van der Waals surface area contributed by atoms with Crippen LogP contribution < -0.4 is 5.56 Å². The van der Waals surface area contributed by atoms with E-state index in [0.717, 1.165) is 0 Å². The fraction of sp³-hybridized carbons (Fsp3) is 0. The second-order valence-corrected chi connectivity index (χ2v) is 1.61. The molecule has 6 nitrogen and oxygen atoms in total. The van der Waals surface area contributed by atoms with Crippen molar-refractivity contribution in [2.75, 3.05) is 0 Å². The normalized spacial score (nSPS) is 9.60. The maximum absolute atomic E-state index is 10.3. The minimum absolute atomic E-state index is 0.523. The summed E-state index contributed by atoms with van der Waals surface area (Å²) in [5.41, 5.74) is -1.36. The van der Waals surface area contributed by atoms with Crippen molar-refractivity contribution in [1.82, 2.24) is 10.2 Å². The molecular formula is C4H4N2O4. The van der Waals surface area contributed by atoms with E-state index in [9.17, 15) is 9.59 Å². The van der Waals surface area contributed by atoms with E-state index in [1.54, 1.807) is 0 Å². The first-order chi connectivity index (χ1) is 4.63. The Morgan fingerprint density at radius 1 is 1.40 bits per heavy atom. The summed E-state index contributed by atoms with van der Waals surface area (Å²) in [4.78, 5) is 20.4. The number of hydrogen-bond acceptors (Lipinski definition) is 3. The van der Waals surface area contributed by atoms with Crippen molar-refractivity contribution in [3.8, 4) is 5.75 Å². The summed E-state index contributed by atoms with van der Waals surface area (Å²) in [6, 6.07) is 0. The fourth-order valence-corrected chi connectivity index (χ4v) is 0.506. The Labute approximate surface area is 54.1 Å². The Balaban J connectivity index is 3.31. The van der Waals surface area contributed by atoms with Crippen molar-refractivity contribution in [2.45, 2.75) is 0 Å². The number of hydrogen-bond donors (Lipinski definition) is 4. The number of nitrogens with one attached hydrogen (secondary N) is 2. The summed E-state index contributed by atoms with van der Waals surface area (Å²) in [6.07, 6.45) is 0. The van der Waals surface area contributed by atoms with Crippen LogP contribution in [0.4, 0.5) is 0 Å². The van der Waals surface area contributed by atoms with Crippen LogP contribution in [0.5, 0.6) is 5.75 Å². The van der Waals surface area contributed by atoms with Gasteiger partial charge in [-0.15, -0.1) is 0 Å². The summed E-state index contributed by atoms with van der Waals surface area (Å²) < 4.78 is 0. The van der Waals surface area contributed by atoms with E-state index in [2.05, 4.69) is 0 Å². The van der Waals surface area contributed by atoms with Crippen LogP contribution in [0.15, 0.2) is 4.79 Å². The summed E-state index contributed by atoms with van der Waals surface area (Å²) >= 11 is 0. The molecule has 10 heavy (non-hydrogen) atoms. The van der Waals surface area contributed by atoms with Gasteiger partial charge in [0.1, 0.15) is 0 Å². The molecule has 0 aromatic carbocycles. The number of H-pyrrole nitrogens is 2. The Bertz CT molecular complexity index is 309. The highest BCUT2D eigenvalue weighted by atomic mass is 16.4. The predicted molar refractivity (Wildman–Crippen MR) is 30.0 cm³/mol. The van der Waals surface area contributed by atoms with Gasteiger partial charge in [0.15, 0.2) is 5.69 Å². The third kappa shape index (κ3) is 0.750. The van der Waals surface area contributed by atoms with Crippen molar-refractivity contribution >= 4 is 5.97 Å². The molecule has 0 radical (unpaired) electrons. The molecule has 0 atom stereocenters. The molecule has 0 aliphatic heterocycles. The Kier molecular flexibility index (Phi) is 1.22. The van der Waals surface area contributed by atoms with E-state index in [4.69, 9.17) is 10.2 Å². The number of carboxylic acids is 1. The first-order valence-electron chi connectivity index (χ1n) is 2.36. The third-order valence-corrected chi connectivity index (χ3v) is 0.967. The predicted octanol–water partition coefficient (Wildman–Crippen LogP) is -0.893. The van der Waals surface area contributed by atoms with Gasteiger partial charge in [-0.3, -0.25) is 15.0 Å². The third-order valence-electron chi connectivity index (χ3n) is 0.967. The number of aromatic nitrogens is 2. The van der Waals surface area contributed by atoms with Crippen molar-refractivity contribution in [1.29, 1.82) is 0 Å². The highest BCUT2D eigenvalue weighted by Crippen LogP contribution is 2.04. The van der Waals surface area contributed by atoms with E-state index in [0.29, 0.717) is 0 Å². The molecule has 0 aliphatic rings. The zero-order valence-electron chi connectivity index (χ0n) is 4.71. The lowest BCUT2D eigenvalue weighted by molar-refractivity contribution is 0.0687. The molecule has 0 aliphatic carbocycles. The van der Waals surface area contributed by atoms with Gasteiger partial charge in [0.05, 0.1) is 0 Å². The molecule has 1 aromatic rings. The molecule has 0 bridgehead atoms. The molecule has 0 amide bonds. The van der Waals surface area contributed by atoms with Gasteiger partial charge in [0.25, 0.3) is 0 Å². The van der Waals surface area contributed by atoms with Crippen LogP contribution in [0.25, 0.3) is 0 Å². The maximum Gasteiger partial charge on any atom is 0.357 e. The van der Waals surface area contributed by atoms with Crippen molar-refractivity contribution in [3.05, 3.63) is 16.0 Å². The highest BCUT2D eigenvalue weighted by molar-refractivity contribution is 5.88. The van der Waals surface area contributed by atoms with E-state index in [1.165, 1.54) is 0 Å². The topological polar surface area (TPSA) is 106 Å². The van der Waals surface area contributed by atoms with Gasteiger partial charge in [0, 0.05) is 0 Å². The highest BCUT2D eigenvalue weighted by Gasteiger charge is 2.13. The molecule has 1 rings (SSSR count). The Morgan fingerprint density at radius 2 is 2.00 bits per heavy atom. The van der Waals surface area contributed by atoms with E-state index < -0.39 is 23.0 Å². The molecule has 0 fully saturated rings. The Hall–Kier alpha value is -1.72. The van der Waals surface area contributed by atoms with Gasteiger partial charge in [-0.1, -0.05) is 0 Å². The first kappa shape index (κ1) is 6.40. The number of carboxylic acid groups (broad SMARTS) is 1. The van der Waals surface area contributed by atoms with Crippen molar-refractivity contribution in [2.24, 2.45) is 0 Å². The van der Waals surface area contributed by atoms with Gasteiger partial charge in [-0.05, 0) is 0 Å². The quantitative estimate of drug-likeness (QED) is 0.410. The first-order valence-corrected chi connectivity index (χ1v) is 2.36. The van der Waals surface area contributed by atoms with Crippen LogP contribution in [-0.4, -0.2) is 26.4 Å². The molecule has 4 N–H and O–H groups in total. The van der Waals surface area contributed by atoms with Gasteiger partial charge in [-0.25, -0.2) is 4.79 Å². The van der Waals surface area contributed by atoms with Crippen LogP contribution in [-0.2, 0) is 0 Å². The molecule has 54 valence electrons. The SMILES string of the molecule is O=C(O)c1[nH][nH]c(=O)c1O. The largest absolute Gasteiger partial charge is 0.501 e. The monoisotopic (exact) mass is 144 g/mol. The number of aromatic hydroxyl groups is 1. The smallest absolute Gasteiger partial charge is 0.357 e. The molecular weight excluding hydrogens is 140 g/mol. The van der Waals surface area contributed by atoms with Crippen LogP contribution in [0.3, 0.4) is 0 Å². The lowest BCUT2D eigenvalue weighted by Gasteiger charge is -1.84. The van der Waals surface area contributed by atoms with Gasteiger partial charge < -0.3 is 10.2 Å². The molecule has 1 heterocycles. The zero-order chi connectivity index (χ0) is 7.72. The van der Waals surface area contributed by atoms with Crippen LogP contribution in [0.2, 0.25) is 0 Å². The molecule has 0 unspecified atom stereocenters. The van der Waals surface area contributed by atoms with Crippen molar-refractivity contribution < 1.29 is 15.0 Å². The summed E-state index contributed by atoms with van der Waals surface area (Å²) in [7, 11) is 0. The standard InChI is InChI=1S/C4H4N2O4/c7-2-1(4(9)10)5-6-3(2)8/h7H,(H,9,10)(H2,5,6,8). The van der Waals surface area contributed by atoms with Crippen LogP contribution in [0, 0.1) is 0 Å². The van der Waals surface area contributed by atoms with E-state index >= 15 is 0 Å². The number of rotatable bonds is 1. The molecule has 6 heteroatoms. The second kappa shape index (κ2) is 1.90. The maximum atomic E-state index is 10.3. The van der Waals surface area contributed by atoms with Crippen LogP contribution in [0.1, 0.15) is 10.5 Å². The average Bonchev–Trinajstić information content (AvgIpc) is 2.14. The molecule has 0 spiro atoms. The average molecular weight is 144 g/mol. The minimum atomic E-state index is -1.38. The van der Waals surface area contributed by atoms with Crippen molar-refractivity contribution in [3.63, 3.8) is 0 Å². The van der Waals surface area contributed by atoms with Gasteiger partial charge in [0.2, 0.25) is 5.75 Å². The summed E-state index contributed by atoms with van der Waals surface area (Å²) in [6.45, 7) is 0. The fourth-order valence-electron chi connectivity index (χ4n) is 0.506. The summed E-state index contributed by atoms with van der Waals surface area (Å²) in [5.74, 6) is -2.18. The van der Waals surface area contributed by atoms with Crippen LogP contribution >= 0.6 is 0 Å².